The van der Waals surface area contributed by atoms with Gasteiger partial charge >= 0.3 is 5.76 Å². The Hall–Kier alpha value is -2.83. The Morgan fingerprint density at radius 2 is 2.11 bits per heavy atom. The normalized spacial score (nSPS) is 17.6. The van der Waals surface area contributed by atoms with Gasteiger partial charge in [-0.1, -0.05) is 11.2 Å². The summed E-state index contributed by atoms with van der Waals surface area (Å²) in [6, 6.07) is 7.44. The third-order valence-electron chi connectivity index (χ3n) is 5.18. The van der Waals surface area contributed by atoms with Crippen LogP contribution in [0.4, 0.5) is 0 Å². The van der Waals surface area contributed by atoms with Crippen molar-refractivity contribution in [3.63, 3.8) is 0 Å². The average Bonchev–Trinajstić information content (AvgIpc) is 3.22. The van der Waals surface area contributed by atoms with Gasteiger partial charge in [0, 0.05) is 25.6 Å². The molecule has 1 amide bonds. The van der Waals surface area contributed by atoms with E-state index in [1.165, 1.54) is 0 Å². The largest absolute Gasteiger partial charge is 0.419 e. The number of amides is 1. The minimum atomic E-state index is -0.425. The van der Waals surface area contributed by atoms with Crippen LogP contribution in [0.25, 0.3) is 11.1 Å². The van der Waals surface area contributed by atoms with Crippen molar-refractivity contribution in [3.8, 4) is 0 Å². The molecule has 0 spiro atoms. The lowest BCUT2D eigenvalue weighted by Crippen LogP contribution is -2.39. The Morgan fingerprint density at radius 3 is 2.89 bits per heavy atom. The van der Waals surface area contributed by atoms with Crippen molar-refractivity contribution in [2.24, 2.45) is 0 Å². The number of likely N-dealkylation sites (tertiary alicyclic amines) is 1. The molecule has 27 heavy (non-hydrogen) atoms. The molecule has 7 heteroatoms. The van der Waals surface area contributed by atoms with Crippen molar-refractivity contribution in [3.05, 3.63) is 51.8 Å². The fraction of sp³-hybridized carbons (Fsp3) is 0.450. The highest BCUT2D eigenvalue weighted by atomic mass is 16.5. The molecule has 0 bridgehead atoms. The number of rotatable bonds is 4. The highest BCUT2D eigenvalue weighted by Gasteiger charge is 2.30. The maximum Gasteiger partial charge on any atom is 0.419 e. The van der Waals surface area contributed by atoms with Crippen LogP contribution < -0.4 is 5.76 Å². The second-order valence-electron chi connectivity index (χ2n) is 7.20. The number of hydrogen-bond acceptors (Lipinski definition) is 5. The summed E-state index contributed by atoms with van der Waals surface area (Å²) in [5, 5.41) is 4.11. The Morgan fingerprint density at radius 1 is 1.26 bits per heavy atom. The molecule has 1 aliphatic rings. The Balaban J connectivity index is 1.52. The number of oxazole rings is 1. The summed E-state index contributed by atoms with van der Waals surface area (Å²) in [5.74, 6) is 0.342. The molecule has 0 radical (unpaired) electrons. The Bertz CT molecular complexity index is 1030. The van der Waals surface area contributed by atoms with Gasteiger partial charge in [0.15, 0.2) is 5.58 Å². The maximum absolute atomic E-state index is 12.9. The summed E-state index contributed by atoms with van der Waals surface area (Å²) in [7, 11) is 0. The van der Waals surface area contributed by atoms with E-state index in [1.807, 2.05) is 36.9 Å². The van der Waals surface area contributed by atoms with E-state index in [9.17, 15) is 9.59 Å². The second-order valence-corrected chi connectivity index (χ2v) is 7.20. The zero-order valence-corrected chi connectivity index (χ0v) is 15.6. The van der Waals surface area contributed by atoms with Gasteiger partial charge in [-0.2, -0.15) is 0 Å². The van der Waals surface area contributed by atoms with Crippen molar-refractivity contribution < 1.29 is 13.7 Å². The maximum atomic E-state index is 12.9. The average molecular weight is 369 g/mol. The minimum absolute atomic E-state index is 0.0225. The molecule has 2 aromatic heterocycles. The topological polar surface area (TPSA) is 81.5 Å². The lowest BCUT2D eigenvalue weighted by Gasteiger charge is -2.34. The molecule has 4 rings (SSSR count). The van der Waals surface area contributed by atoms with E-state index < -0.39 is 5.76 Å². The first kappa shape index (κ1) is 17.6. The summed E-state index contributed by atoms with van der Waals surface area (Å²) in [5.41, 5.74) is 3.13. The standard InChI is InChI=1S/C20H23N3O4/c1-13-6-7-18-17(11-13)23(20(25)26-18)10-8-19(24)22-9-4-3-5-16(22)15-12-14(2)27-21-15/h6-7,11-12,16H,3-5,8-10H2,1-2H3/t16-/m0/s1. The smallest absolute Gasteiger partial charge is 0.408 e. The van der Waals surface area contributed by atoms with Crippen LogP contribution >= 0.6 is 0 Å². The molecule has 1 aromatic carbocycles. The van der Waals surface area contributed by atoms with Crippen molar-refractivity contribution in [2.75, 3.05) is 6.54 Å². The zero-order valence-electron chi connectivity index (χ0n) is 15.6. The van der Waals surface area contributed by atoms with Crippen LogP contribution in [0.3, 0.4) is 0 Å². The van der Waals surface area contributed by atoms with Gasteiger partial charge < -0.3 is 13.8 Å². The predicted molar refractivity (Wildman–Crippen MR) is 99.4 cm³/mol. The first-order valence-corrected chi connectivity index (χ1v) is 9.35. The van der Waals surface area contributed by atoms with Crippen molar-refractivity contribution in [1.82, 2.24) is 14.6 Å². The molecule has 0 N–H and O–H groups in total. The number of nitrogens with zero attached hydrogens (tertiary/aromatic N) is 3. The summed E-state index contributed by atoms with van der Waals surface area (Å²) >= 11 is 0. The SMILES string of the molecule is Cc1ccc2oc(=O)n(CCC(=O)N3CCCC[C@H]3c3cc(C)on3)c2c1. The van der Waals surface area contributed by atoms with Crippen LogP contribution in [0.1, 0.15) is 48.7 Å². The first-order valence-electron chi connectivity index (χ1n) is 9.35. The molecule has 142 valence electrons. The van der Waals surface area contributed by atoms with E-state index in [2.05, 4.69) is 5.16 Å². The Kier molecular flexibility index (Phi) is 4.59. The molecule has 0 unspecified atom stereocenters. The van der Waals surface area contributed by atoms with Crippen LogP contribution in [-0.4, -0.2) is 27.1 Å². The molecule has 1 fully saturated rings. The molecule has 3 heterocycles. The molecule has 0 aliphatic carbocycles. The highest BCUT2D eigenvalue weighted by Crippen LogP contribution is 2.31. The van der Waals surface area contributed by atoms with Gasteiger partial charge in [0.2, 0.25) is 5.91 Å². The predicted octanol–water partition coefficient (Wildman–Crippen LogP) is 3.34. The van der Waals surface area contributed by atoms with E-state index in [0.717, 1.165) is 41.8 Å². The second kappa shape index (κ2) is 7.06. The number of fused-ring (bicyclic) bond motifs is 1. The van der Waals surface area contributed by atoms with Crippen LogP contribution in [-0.2, 0) is 11.3 Å². The molecular formula is C20H23N3O4. The van der Waals surface area contributed by atoms with Crippen LogP contribution in [0.15, 0.2) is 38.0 Å². The summed E-state index contributed by atoms with van der Waals surface area (Å²) in [4.78, 5) is 27.0. The van der Waals surface area contributed by atoms with Gasteiger partial charge in [0.05, 0.1) is 11.6 Å². The van der Waals surface area contributed by atoms with E-state index in [-0.39, 0.29) is 18.4 Å². The van der Waals surface area contributed by atoms with Gasteiger partial charge in [-0.25, -0.2) is 4.79 Å². The van der Waals surface area contributed by atoms with Crippen LogP contribution in [0.5, 0.6) is 0 Å². The third-order valence-corrected chi connectivity index (χ3v) is 5.18. The third kappa shape index (κ3) is 3.41. The number of piperidine rings is 1. The van der Waals surface area contributed by atoms with Gasteiger partial charge in [0.25, 0.3) is 0 Å². The highest BCUT2D eigenvalue weighted by molar-refractivity contribution is 5.77. The fourth-order valence-corrected chi connectivity index (χ4v) is 3.82. The number of hydrogen-bond donors (Lipinski definition) is 0. The molecule has 1 saturated heterocycles. The summed E-state index contributed by atoms with van der Waals surface area (Å²) < 4.78 is 12.0. The quantitative estimate of drug-likeness (QED) is 0.704. The molecule has 3 aromatic rings. The van der Waals surface area contributed by atoms with Crippen LogP contribution in [0, 0.1) is 13.8 Å². The van der Waals surface area contributed by atoms with Gasteiger partial charge in [-0.05, 0) is 50.8 Å². The number of carbonyl (C=O) groups excluding carboxylic acids is 1. The van der Waals surface area contributed by atoms with Gasteiger partial charge in [-0.15, -0.1) is 0 Å². The van der Waals surface area contributed by atoms with E-state index in [4.69, 9.17) is 8.94 Å². The lowest BCUT2D eigenvalue weighted by molar-refractivity contribution is -0.135. The molecule has 1 atom stereocenters. The molecule has 1 aliphatic heterocycles. The van der Waals surface area contributed by atoms with Gasteiger partial charge in [-0.3, -0.25) is 9.36 Å². The number of carbonyl (C=O) groups is 1. The van der Waals surface area contributed by atoms with Crippen molar-refractivity contribution in [2.45, 2.75) is 52.1 Å². The van der Waals surface area contributed by atoms with E-state index in [1.54, 1.807) is 10.6 Å². The monoisotopic (exact) mass is 369 g/mol. The molecule has 7 nitrogen and oxygen atoms in total. The fourth-order valence-electron chi connectivity index (χ4n) is 3.82. The zero-order chi connectivity index (χ0) is 19.0. The Labute approximate surface area is 156 Å². The lowest BCUT2D eigenvalue weighted by atomic mass is 9.98. The number of aromatic nitrogens is 2. The number of aryl methyl sites for hydroxylation is 3. The van der Waals surface area contributed by atoms with Crippen molar-refractivity contribution in [1.29, 1.82) is 0 Å². The van der Waals surface area contributed by atoms with Crippen LogP contribution in [0.2, 0.25) is 0 Å². The van der Waals surface area contributed by atoms with Gasteiger partial charge in [0.1, 0.15) is 11.5 Å². The van der Waals surface area contributed by atoms with E-state index >= 15 is 0 Å². The van der Waals surface area contributed by atoms with E-state index in [0.29, 0.717) is 18.7 Å². The summed E-state index contributed by atoms with van der Waals surface area (Å²) in [6.45, 7) is 4.82. The molecule has 0 saturated carbocycles. The van der Waals surface area contributed by atoms with Crippen molar-refractivity contribution >= 4 is 17.0 Å². The summed E-state index contributed by atoms with van der Waals surface area (Å²) in [6.07, 6.45) is 3.17. The minimum Gasteiger partial charge on any atom is -0.408 e. The number of benzene rings is 1. The first-order chi connectivity index (χ1) is 13.0. The molecular weight excluding hydrogens is 346 g/mol.